The van der Waals surface area contributed by atoms with Crippen LogP contribution in [0.2, 0.25) is 0 Å². The van der Waals surface area contributed by atoms with Gasteiger partial charge in [-0.15, -0.1) is 0 Å². The molecule has 3 N–H and O–H groups in total. The number of amides is 2. The maximum Gasteiger partial charge on any atom is 0.331 e. The first-order valence-corrected chi connectivity index (χ1v) is 13.8. The number of hydrogen-bond acceptors (Lipinski definition) is 5. The van der Waals surface area contributed by atoms with Gasteiger partial charge >= 0.3 is 5.69 Å². The van der Waals surface area contributed by atoms with Crippen molar-refractivity contribution in [2.75, 3.05) is 13.2 Å². The maximum absolute atomic E-state index is 13.3. The Hall–Kier alpha value is -2.71. The molecule has 2 unspecified atom stereocenters. The van der Waals surface area contributed by atoms with Crippen LogP contribution >= 0.6 is 7.37 Å². The number of rotatable bonds is 11. The second kappa shape index (κ2) is 11.8. The molecule has 2 aromatic rings. The van der Waals surface area contributed by atoms with Crippen molar-refractivity contribution in [3.8, 4) is 0 Å². The largest absolute Gasteiger partial charge is 0.357 e. The van der Waals surface area contributed by atoms with Gasteiger partial charge in [-0.25, -0.2) is 9.36 Å². The predicted molar refractivity (Wildman–Crippen MR) is 137 cm³/mol. The standard InChI is InChI=1S/C24H37N4O6P/c1-15(2)11-17(21(29)26-19(12-16(3)4)22(30)25-5)13-35(33,34)14-28-23(31)18-9-7-8-10-20(18)27(6)24(28)32/h7-10,15-17,19H,11-14H2,1-6H3,(H,25,30)(H,26,29)(H,33,34)/t17?,19-/m0/s1. The van der Waals surface area contributed by atoms with Gasteiger partial charge in [0.25, 0.3) is 5.56 Å². The number of aromatic nitrogens is 2. The summed E-state index contributed by atoms with van der Waals surface area (Å²) >= 11 is 0. The maximum atomic E-state index is 13.3. The Labute approximate surface area is 205 Å². The lowest BCUT2D eigenvalue weighted by molar-refractivity contribution is -0.131. The van der Waals surface area contributed by atoms with E-state index in [1.807, 2.05) is 27.7 Å². The monoisotopic (exact) mass is 508 g/mol. The first-order valence-electron chi connectivity index (χ1n) is 11.8. The van der Waals surface area contributed by atoms with Crippen molar-refractivity contribution in [3.63, 3.8) is 0 Å². The predicted octanol–water partition coefficient (Wildman–Crippen LogP) is 1.87. The Morgan fingerprint density at radius 2 is 1.63 bits per heavy atom. The van der Waals surface area contributed by atoms with Crippen molar-refractivity contribution in [3.05, 3.63) is 45.1 Å². The molecule has 0 saturated heterocycles. The molecule has 0 fully saturated rings. The minimum Gasteiger partial charge on any atom is -0.357 e. The smallest absolute Gasteiger partial charge is 0.331 e. The molecule has 10 nitrogen and oxygen atoms in total. The molecule has 2 amide bonds. The van der Waals surface area contributed by atoms with E-state index in [0.29, 0.717) is 18.4 Å². The zero-order valence-corrected chi connectivity index (χ0v) is 22.2. The van der Waals surface area contributed by atoms with E-state index in [-0.39, 0.29) is 23.1 Å². The number of likely N-dealkylation sites (N-methyl/N-ethyl adjacent to an activating group) is 1. The summed E-state index contributed by atoms with van der Waals surface area (Å²) in [7, 11) is -1.17. The van der Waals surface area contributed by atoms with E-state index in [9.17, 15) is 28.6 Å². The van der Waals surface area contributed by atoms with Crippen LogP contribution in [-0.2, 0) is 27.5 Å². The van der Waals surface area contributed by atoms with E-state index >= 15 is 0 Å². The van der Waals surface area contributed by atoms with Crippen molar-refractivity contribution in [1.29, 1.82) is 0 Å². The third kappa shape index (κ3) is 7.39. The topological polar surface area (TPSA) is 140 Å². The van der Waals surface area contributed by atoms with E-state index < -0.39 is 48.9 Å². The van der Waals surface area contributed by atoms with Crippen LogP contribution in [0.5, 0.6) is 0 Å². The number of benzene rings is 1. The van der Waals surface area contributed by atoms with Crippen LogP contribution in [0, 0.1) is 17.8 Å². The minimum atomic E-state index is -4.15. The fraction of sp³-hybridized carbons (Fsp3) is 0.583. The van der Waals surface area contributed by atoms with Crippen LogP contribution in [0.3, 0.4) is 0 Å². The first-order chi connectivity index (χ1) is 16.3. The Kier molecular flexibility index (Phi) is 9.63. The van der Waals surface area contributed by atoms with Gasteiger partial charge in [0.15, 0.2) is 0 Å². The van der Waals surface area contributed by atoms with E-state index in [2.05, 4.69) is 10.6 Å². The number of fused-ring (bicyclic) bond motifs is 1. The minimum absolute atomic E-state index is 0.0329. The summed E-state index contributed by atoms with van der Waals surface area (Å²) in [6.45, 7) is 7.63. The molecule has 0 aliphatic carbocycles. The molecule has 0 aliphatic heterocycles. The molecule has 0 radical (unpaired) electrons. The normalized spacial score (nSPS) is 15.1. The average Bonchev–Trinajstić information content (AvgIpc) is 2.78. The molecule has 194 valence electrons. The fourth-order valence-corrected chi connectivity index (χ4v) is 6.02. The number of carbonyl (C=O) groups is 2. The molecule has 0 saturated carbocycles. The lowest BCUT2D eigenvalue weighted by Gasteiger charge is -2.25. The van der Waals surface area contributed by atoms with Gasteiger partial charge in [0.1, 0.15) is 12.3 Å². The van der Waals surface area contributed by atoms with Gasteiger partial charge in [-0.3, -0.25) is 23.5 Å². The van der Waals surface area contributed by atoms with Crippen LogP contribution in [0.1, 0.15) is 40.5 Å². The molecule has 1 aromatic heterocycles. The lowest BCUT2D eigenvalue weighted by atomic mass is 9.96. The van der Waals surface area contributed by atoms with Crippen molar-refractivity contribution >= 4 is 30.1 Å². The highest BCUT2D eigenvalue weighted by molar-refractivity contribution is 7.56. The molecule has 2 rings (SSSR count). The molecular formula is C24H37N4O6P. The van der Waals surface area contributed by atoms with Crippen LogP contribution in [0.4, 0.5) is 0 Å². The molecular weight excluding hydrogens is 471 g/mol. The van der Waals surface area contributed by atoms with Crippen molar-refractivity contribution in [2.24, 2.45) is 24.8 Å². The third-order valence-electron chi connectivity index (χ3n) is 5.84. The molecule has 35 heavy (non-hydrogen) atoms. The van der Waals surface area contributed by atoms with Gasteiger partial charge < -0.3 is 15.5 Å². The van der Waals surface area contributed by atoms with Gasteiger partial charge in [-0.2, -0.15) is 0 Å². The molecule has 0 aliphatic rings. The second-order valence-corrected chi connectivity index (χ2v) is 12.2. The molecule has 1 aromatic carbocycles. The SMILES string of the molecule is CNC(=O)[C@H](CC(C)C)NC(=O)C(CC(C)C)CP(=O)(O)Cn1c(=O)c2ccccc2n(C)c1=O. The van der Waals surface area contributed by atoms with Gasteiger partial charge in [-0.05, 0) is 36.8 Å². The lowest BCUT2D eigenvalue weighted by Crippen LogP contribution is -2.49. The highest BCUT2D eigenvalue weighted by atomic mass is 31.2. The van der Waals surface area contributed by atoms with Crippen molar-refractivity contribution in [2.45, 2.75) is 52.9 Å². The highest BCUT2D eigenvalue weighted by Gasteiger charge is 2.33. The molecule has 11 heteroatoms. The van der Waals surface area contributed by atoms with Crippen LogP contribution < -0.4 is 21.9 Å². The molecule has 0 spiro atoms. The van der Waals surface area contributed by atoms with Crippen molar-refractivity contribution in [1.82, 2.24) is 19.8 Å². The molecule has 1 heterocycles. The summed E-state index contributed by atoms with van der Waals surface area (Å²) in [5.41, 5.74) is -0.933. The van der Waals surface area contributed by atoms with Crippen LogP contribution in [-0.4, -0.2) is 45.1 Å². The van der Waals surface area contributed by atoms with E-state index in [4.69, 9.17) is 0 Å². The number of aryl methyl sites for hydroxylation is 1. The van der Waals surface area contributed by atoms with E-state index in [0.717, 1.165) is 4.57 Å². The summed E-state index contributed by atoms with van der Waals surface area (Å²) in [5, 5.41) is 5.52. The summed E-state index contributed by atoms with van der Waals surface area (Å²) in [6.07, 6.45) is -0.389. The second-order valence-electron chi connectivity index (χ2n) is 9.89. The van der Waals surface area contributed by atoms with Gasteiger partial charge in [0.05, 0.1) is 10.9 Å². The Morgan fingerprint density at radius 3 is 2.20 bits per heavy atom. The van der Waals surface area contributed by atoms with Crippen LogP contribution in [0.25, 0.3) is 10.9 Å². The Balaban J connectivity index is 2.35. The molecule has 0 bridgehead atoms. The average molecular weight is 509 g/mol. The quantitative estimate of drug-likeness (QED) is 0.396. The summed E-state index contributed by atoms with van der Waals surface area (Å²) < 4.78 is 15.3. The number of nitrogens with zero attached hydrogens (tertiary/aromatic N) is 2. The highest BCUT2D eigenvalue weighted by Crippen LogP contribution is 2.45. The number of para-hydroxylation sites is 1. The summed E-state index contributed by atoms with van der Waals surface area (Å²) in [6, 6.07) is 5.77. The number of nitrogens with one attached hydrogen (secondary N) is 2. The Morgan fingerprint density at radius 1 is 1.03 bits per heavy atom. The summed E-state index contributed by atoms with van der Waals surface area (Å²) in [4.78, 5) is 62.0. The third-order valence-corrected chi connectivity index (χ3v) is 7.58. The van der Waals surface area contributed by atoms with Crippen LogP contribution in [0.15, 0.2) is 33.9 Å². The Bertz CT molecular complexity index is 1230. The molecule has 3 atom stereocenters. The van der Waals surface area contributed by atoms with Gasteiger partial charge in [0, 0.05) is 26.2 Å². The first kappa shape index (κ1) is 28.5. The number of hydrogen-bond donors (Lipinski definition) is 3. The zero-order valence-electron chi connectivity index (χ0n) is 21.3. The van der Waals surface area contributed by atoms with E-state index in [1.165, 1.54) is 18.7 Å². The summed E-state index contributed by atoms with van der Waals surface area (Å²) in [5.74, 6) is -1.54. The zero-order chi connectivity index (χ0) is 26.5. The fourth-order valence-electron chi connectivity index (χ4n) is 4.21. The number of carbonyl (C=O) groups excluding carboxylic acids is 2. The van der Waals surface area contributed by atoms with Gasteiger partial charge in [-0.1, -0.05) is 39.8 Å². The van der Waals surface area contributed by atoms with Crippen molar-refractivity contribution < 1.29 is 19.0 Å². The van der Waals surface area contributed by atoms with E-state index in [1.54, 1.807) is 24.3 Å². The van der Waals surface area contributed by atoms with Gasteiger partial charge in [0.2, 0.25) is 19.2 Å².